The summed E-state index contributed by atoms with van der Waals surface area (Å²) in [6, 6.07) is 6.95. The maximum Gasteiger partial charge on any atom is 0.348 e. The number of nitrogens with one attached hydrogen (secondary N) is 1. The molecule has 0 bridgehead atoms. The maximum atomic E-state index is 11.4. The Morgan fingerprint density at radius 3 is 3.14 bits per heavy atom. The molecule has 3 aromatic heterocycles. The molecule has 0 atom stereocenters. The van der Waals surface area contributed by atoms with Crippen LogP contribution in [0.2, 0.25) is 0 Å². The number of aromatic nitrogens is 5. The van der Waals surface area contributed by atoms with Gasteiger partial charge in [0.1, 0.15) is 16.9 Å². The van der Waals surface area contributed by atoms with E-state index in [9.17, 15) is 4.79 Å². The standard InChI is InChI=1S/C12H8N6O2S/c13-6-1-2-7-8(3-6)20-12(15-7)21-10-4-9-16-17-11(19)18(9)5-14-10/h1-5H,13H2,(H,17,19). The van der Waals surface area contributed by atoms with Crippen LogP contribution in [0.25, 0.3) is 16.7 Å². The molecule has 0 saturated heterocycles. The van der Waals surface area contributed by atoms with Crippen molar-refractivity contribution < 1.29 is 4.42 Å². The molecule has 1 aromatic carbocycles. The minimum absolute atomic E-state index is 0.327. The first-order valence-electron chi connectivity index (χ1n) is 5.96. The van der Waals surface area contributed by atoms with E-state index in [0.29, 0.717) is 27.2 Å². The predicted molar refractivity (Wildman–Crippen MR) is 76.2 cm³/mol. The van der Waals surface area contributed by atoms with Crippen molar-refractivity contribution in [2.24, 2.45) is 0 Å². The summed E-state index contributed by atoms with van der Waals surface area (Å²) in [5.74, 6) is 0. The highest BCUT2D eigenvalue weighted by atomic mass is 32.2. The van der Waals surface area contributed by atoms with E-state index in [0.717, 1.165) is 5.52 Å². The van der Waals surface area contributed by atoms with Crippen LogP contribution in [0.5, 0.6) is 0 Å². The van der Waals surface area contributed by atoms with Crippen molar-refractivity contribution in [1.29, 1.82) is 0 Å². The Bertz CT molecular complexity index is 1020. The van der Waals surface area contributed by atoms with Crippen molar-refractivity contribution in [3.8, 4) is 0 Å². The first-order valence-corrected chi connectivity index (χ1v) is 6.77. The highest BCUT2D eigenvalue weighted by molar-refractivity contribution is 7.99. The number of nitrogens with zero attached hydrogens (tertiary/aromatic N) is 4. The topological polar surface area (TPSA) is 115 Å². The monoisotopic (exact) mass is 300 g/mol. The number of aromatic amines is 1. The summed E-state index contributed by atoms with van der Waals surface area (Å²) in [6.07, 6.45) is 1.41. The lowest BCUT2D eigenvalue weighted by Gasteiger charge is -1.95. The number of fused-ring (bicyclic) bond motifs is 2. The van der Waals surface area contributed by atoms with Gasteiger partial charge in [0, 0.05) is 17.8 Å². The highest BCUT2D eigenvalue weighted by Crippen LogP contribution is 2.29. The van der Waals surface area contributed by atoms with Crippen molar-refractivity contribution in [2.75, 3.05) is 5.73 Å². The summed E-state index contributed by atoms with van der Waals surface area (Å²) in [7, 11) is 0. The van der Waals surface area contributed by atoms with E-state index in [2.05, 4.69) is 20.2 Å². The lowest BCUT2D eigenvalue weighted by atomic mass is 10.3. The summed E-state index contributed by atoms with van der Waals surface area (Å²) in [5, 5.41) is 7.31. The summed E-state index contributed by atoms with van der Waals surface area (Å²) >= 11 is 1.24. The van der Waals surface area contributed by atoms with E-state index in [1.807, 2.05) is 0 Å². The normalized spacial score (nSPS) is 11.4. The molecule has 0 aliphatic carbocycles. The van der Waals surface area contributed by atoms with Crippen molar-refractivity contribution in [1.82, 2.24) is 24.6 Å². The van der Waals surface area contributed by atoms with Crippen LogP contribution in [0.4, 0.5) is 5.69 Å². The van der Waals surface area contributed by atoms with Gasteiger partial charge < -0.3 is 10.2 Å². The number of H-pyrrole nitrogens is 1. The van der Waals surface area contributed by atoms with Gasteiger partial charge in [-0.2, -0.15) is 5.10 Å². The molecule has 0 amide bonds. The Kier molecular flexibility index (Phi) is 2.48. The fraction of sp³-hybridized carbons (Fsp3) is 0. The molecule has 0 unspecified atom stereocenters. The fourth-order valence-corrected chi connectivity index (χ4v) is 2.62. The van der Waals surface area contributed by atoms with Gasteiger partial charge >= 0.3 is 5.69 Å². The number of hydrogen-bond donors (Lipinski definition) is 2. The molecular formula is C12H8N6O2S. The molecule has 104 valence electrons. The second kappa shape index (κ2) is 4.35. The van der Waals surface area contributed by atoms with Crippen LogP contribution in [0.15, 0.2) is 50.1 Å². The third kappa shape index (κ3) is 2.03. The maximum absolute atomic E-state index is 11.4. The first-order chi connectivity index (χ1) is 10.2. The van der Waals surface area contributed by atoms with E-state index < -0.39 is 0 Å². The minimum atomic E-state index is -0.327. The molecule has 0 saturated carbocycles. The molecule has 0 aliphatic heterocycles. The van der Waals surface area contributed by atoms with Gasteiger partial charge in [-0.1, -0.05) is 0 Å². The van der Waals surface area contributed by atoms with Crippen molar-refractivity contribution in [3.63, 3.8) is 0 Å². The molecule has 0 spiro atoms. The van der Waals surface area contributed by atoms with Crippen molar-refractivity contribution in [2.45, 2.75) is 10.2 Å². The molecule has 8 nitrogen and oxygen atoms in total. The summed E-state index contributed by atoms with van der Waals surface area (Å²) in [5.41, 5.74) is 7.82. The Balaban J connectivity index is 1.73. The zero-order chi connectivity index (χ0) is 14.4. The summed E-state index contributed by atoms with van der Waals surface area (Å²) < 4.78 is 6.92. The SMILES string of the molecule is Nc1ccc2nc(Sc3cc4n[nH]c(=O)n4cn3)oc2c1. The molecule has 21 heavy (non-hydrogen) atoms. The van der Waals surface area contributed by atoms with Crippen LogP contribution >= 0.6 is 11.8 Å². The quantitative estimate of drug-likeness (QED) is 0.423. The van der Waals surface area contributed by atoms with Crippen molar-refractivity contribution in [3.05, 3.63) is 41.1 Å². The zero-order valence-electron chi connectivity index (χ0n) is 10.5. The molecular weight excluding hydrogens is 292 g/mol. The molecule has 0 radical (unpaired) electrons. The lowest BCUT2D eigenvalue weighted by Crippen LogP contribution is -2.09. The molecule has 4 aromatic rings. The van der Waals surface area contributed by atoms with Crippen molar-refractivity contribution >= 4 is 34.2 Å². The van der Waals surface area contributed by atoms with E-state index in [1.54, 1.807) is 24.3 Å². The third-order valence-electron chi connectivity index (χ3n) is 2.87. The molecule has 4 rings (SSSR count). The lowest BCUT2D eigenvalue weighted by molar-refractivity contribution is 0.489. The average molecular weight is 300 g/mol. The summed E-state index contributed by atoms with van der Waals surface area (Å²) in [6.45, 7) is 0. The number of benzene rings is 1. The zero-order valence-corrected chi connectivity index (χ0v) is 11.3. The number of oxazole rings is 1. The number of anilines is 1. The van der Waals surface area contributed by atoms with Crippen LogP contribution in [-0.2, 0) is 0 Å². The molecule has 0 fully saturated rings. The van der Waals surface area contributed by atoms with Gasteiger partial charge in [0.05, 0.1) is 0 Å². The van der Waals surface area contributed by atoms with Crippen LogP contribution in [0.1, 0.15) is 0 Å². The molecule has 3 N–H and O–H groups in total. The number of nitrogens with two attached hydrogens (primary N) is 1. The van der Waals surface area contributed by atoms with Crippen LogP contribution in [0, 0.1) is 0 Å². The van der Waals surface area contributed by atoms with Crippen LogP contribution in [0.3, 0.4) is 0 Å². The first kappa shape index (κ1) is 12.0. The number of rotatable bonds is 2. The van der Waals surface area contributed by atoms with Gasteiger partial charge in [0.25, 0.3) is 5.22 Å². The predicted octanol–water partition coefficient (Wildman–Crippen LogP) is 1.29. The van der Waals surface area contributed by atoms with Gasteiger partial charge in [-0.05, 0) is 23.9 Å². The highest BCUT2D eigenvalue weighted by Gasteiger charge is 2.10. The second-order valence-corrected chi connectivity index (χ2v) is 5.26. The molecule has 9 heteroatoms. The smallest absolute Gasteiger partial charge is 0.348 e. The Labute approximate surface area is 121 Å². The largest absolute Gasteiger partial charge is 0.431 e. The second-order valence-electron chi connectivity index (χ2n) is 4.29. The Morgan fingerprint density at radius 1 is 1.33 bits per heavy atom. The van der Waals surface area contributed by atoms with Gasteiger partial charge in [-0.3, -0.25) is 0 Å². The Hall–Kier alpha value is -2.81. The molecule has 3 heterocycles. The van der Waals surface area contributed by atoms with Crippen LogP contribution < -0.4 is 11.4 Å². The van der Waals surface area contributed by atoms with Crippen LogP contribution in [-0.4, -0.2) is 24.6 Å². The average Bonchev–Trinajstić information content (AvgIpc) is 3.02. The van der Waals surface area contributed by atoms with E-state index >= 15 is 0 Å². The third-order valence-corrected chi connectivity index (χ3v) is 3.65. The number of nitrogen functional groups attached to an aromatic ring is 1. The van der Waals surface area contributed by atoms with Gasteiger partial charge in [0.15, 0.2) is 11.2 Å². The van der Waals surface area contributed by atoms with Gasteiger partial charge in [-0.15, -0.1) is 0 Å². The van der Waals surface area contributed by atoms with Gasteiger partial charge in [-0.25, -0.2) is 24.3 Å². The van der Waals surface area contributed by atoms with E-state index in [4.69, 9.17) is 10.2 Å². The summed E-state index contributed by atoms with van der Waals surface area (Å²) in [4.78, 5) is 19.9. The van der Waals surface area contributed by atoms with E-state index in [1.165, 1.54) is 22.5 Å². The Morgan fingerprint density at radius 2 is 2.24 bits per heavy atom. The van der Waals surface area contributed by atoms with E-state index in [-0.39, 0.29) is 5.69 Å². The fourth-order valence-electron chi connectivity index (χ4n) is 1.90. The molecule has 0 aliphatic rings. The van der Waals surface area contributed by atoms with Gasteiger partial charge in [0.2, 0.25) is 0 Å². The minimum Gasteiger partial charge on any atom is -0.431 e. The number of hydrogen-bond acceptors (Lipinski definition) is 7.